The largest absolute Gasteiger partial charge is 0.433 e. The van der Waals surface area contributed by atoms with Crippen LogP contribution >= 0.6 is 0 Å². The fourth-order valence-corrected chi connectivity index (χ4v) is 5.74. The molecule has 0 spiro atoms. The number of piperazine rings is 1. The minimum Gasteiger partial charge on any atom is -0.346 e. The summed E-state index contributed by atoms with van der Waals surface area (Å²) >= 11 is 0. The highest BCUT2D eigenvalue weighted by atomic mass is 19.4. The van der Waals surface area contributed by atoms with E-state index < -0.39 is 17.8 Å². The molecule has 0 atom stereocenters. The van der Waals surface area contributed by atoms with Gasteiger partial charge in [-0.05, 0) is 37.6 Å². The molecule has 4 aromatic heterocycles. The maximum Gasteiger partial charge on any atom is 0.433 e. The van der Waals surface area contributed by atoms with Crippen molar-refractivity contribution >= 4 is 16.9 Å². The van der Waals surface area contributed by atoms with Crippen LogP contribution in [0.25, 0.3) is 22.3 Å². The number of hydrogen-bond acceptors (Lipinski definition) is 7. The van der Waals surface area contributed by atoms with E-state index in [9.17, 15) is 18.0 Å². The van der Waals surface area contributed by atoms with Crippen molar-refractivity contribution in [3.05, 3.63) is 60.6 Å². The van der Waals surface area contributed by atoms with Crippen LogP contribution in [0.2, 0.25) is 0 Å². The maximum atomic E-state index is 13.0. The number of pyridine rings is 1. The average molecular weight is 540 g/mol. The van der Waals surface area contributed by atoms with Crippen LogP contribution in [0.5, 0.6) is 0 Å². The first-order chi connectivity index (χ1) is 18.7. The van der Waals surface area contributed by atoms with Crippen molar-refractivity contribution in [2.75, 3.05) is 32.7 Å². The highest BCUT2D eigenvalue weighted by Crippen LogP contribution is 2.44. The summed E-state index contributed by atoms with van der Waals surface area (Å²) in [6.07, 6.45) is 4.41. The highest BCUT2D eigenvalue weighted by molar-refractivity contribution is 5.92. The molecule has 1 amide bonds. The standard InChI is InChI=1S/C26H28F3N9O/c27-26(28,29)21-3-1-2-20(35-21)24(39)37-8-6-36(7-9-37)18-10-25(11-18,14-30)15-38-13-17(12-34-38)22-19-4-5-31-23(19)33-16-32-22/h1-5,12-13,16,18H,6-11,14-15,30H2,(H,31,32,33). The topological polar surface area (TPSA) is 122 Å². The molecule has 1 aliphatic carbocycles. The third kappa shape index (κ3) is 4.87. The van der Waals surface area contributed by atoms with Crippen molar-refractivity contribution in [1.82, 2.24) is 39.5 Å². The molecule has 3 N–H and O–H groups in total. The van der Waals surface area contributed by atoms with Crippen molar-refractivity contribution < 1.29 is 18.0 Å². The van der Waals surface area contributed by atoms with Gasteiger partial charge in [0.05, 0.1) is 11.9 Å². The van der Waals surface area contributed by atoms with Gasteiger partial charge in [-0.15, -0.1) is 0 Å². The second kappa shape index (κ2) is 9.72. The van der Waals surface area contributed by atoms with E-state index in [1.165, 1.54) is 18.5 Å². The Bertz CT molecular complexity index is 1480. The van der Waals surface area contributed by atoms with Gasteiger partial charge in [0.15, 0.2) is 0 Å². The van der Waals surface area contributed by atoms with Crippen LogP contribution in [0.15, 0.2) is 49.2 Å². The second-order valence-electron chi connectivity index (χ2n) is 10.4. The monoisotopic (exact) mass is 539 g/mol. The number of halogens is 3. The fourth-order valence-electron chi connectivity index (χ4n) is 5.74. The number of amides is 1. The lowest BCUT2D eigenvalue weighted by atomic mass is 9.64. The summed E-state index contributed by atoms with van der Waals surface area (Å²) in [5.41, 5.74) is 7.45. The summed E-state index contributed by atoms with van der Waals surface area (Å²) in [7, 11) is 0. The number of carbonyl (C=O) groups is 1. The second-order valence-corrected chi connectivity index (χ2v) is 10.4. The van der Waals surface area contributed by atoms with Crippen molar-refractivity contribution in [3.63, 3.8) is 0 Å². The number of carbonyl (C=O) groups excluding carboxylic acids is 1. The molecule has 1 saturated heterocycles. The molecule has 0 radical (unpaired) electrons. The minimum absolute atomic E-state index is 0.0715. The van der Waals surface area contributed by atoms with Gasteiger partial charge in [-0.1, -0.05) is 6.07 Å². The highest BCUT2D eigenvalue weighted by Gasteiger charge is 2.46. The fraction of sp³-hybridized carbons (Fsp3) is 0.423. The predicted octanol–water partition coefficient (Wildman–Crippen LogP) is 2.80. The average Bonchev–Trinajstić information content (AvgIpc) is 3.59. The van der Waals surface area contributed by atoms with E-state index in [2.05, 4.69) is 29.9 Å². The summed E-state index contributed by atoms with van der Waals surface area (Å²) in [6.45, 7) is 3.43. The van der Waals surface area contributed by atoms with Crippen LogP contribution in [-0.2, 0) is 12.7 Å². The molecule has 0 bridgehead atoms. The smallest absolute Gasteiger partial charge is 0.346 e. The number of H-pyrrole nitrogens is 1. The maximum absolute atomic E-state index is 13.0. The number of alkyl halides is 3. The van der Waals surface area contributed by atoms with Crippen molar-refractivity contribution in [3.8, 4) is 11.3 Å². The molecular formula is C26H28F3N9O. The normalized spacial score (nSPS) is 22.3. The Labute approximate surface area is 222 Å². The molecule has 4 aromatic rings. The number of hydrogen-bond donors (Lipinski definition) is 2. The molecule has 39 heavy (non-hydrogen) atoms. The van der Waals surface area contributed by atoms with Gasteiger partial charge in [0.25, 0.3) is 5.91 Å². The van der Waals surface area contributed by atoms with Crippen LogP contribution in [0, 0.1) is 5.41 Å². The van der Waals surface area contributed by atoms with Crippen molar-refractivity contribution in [2.24, 2.45) is 11.1 Å². The van der Waals surface area contributed by atoms with Crippen LogP contribution in [0.1, 0.15) is 29.0 Å². The van der Waals surface area contributed by atoms with E-state index >= 15 is 0 Å². The van der Waals surface area contributed by atoms with E-state index in [-0.39, 0.29) is 11.1 Å². The SMILES string of the molecule is NCC1(Cn2cc(-c3ncnc4[nH]ccc34)cn2)CC(N2CCN(C(=O)c3cccc(C(F)(F)F)n3)CC2)C1. The Kier molecular flexibility index (Phi) is 6.34. The first kappa shape index (κ1) is 25.4. The number of aromatic amines is 1. The van der Waals surface area contributed by atoms with Gasteiger partial charge in [0, 0.05) is 67.5 Å². The van der Waals surface area contributed by atoms with E-state index in [1.54, 1.807) is 4.90 Å². The number of nitrogens with two attached hydrogens (primary N) is 1. The molecular weight excluding hydrogens is 511 g/mol. The van der Waals surface area contributed by atoms with Gasteiger partial charge in [-0.2, -0.15) is 18.3 Å². The van der Waals surface area contributed by atoms with E-state index in [1.807, 2.05) is 29.3 Å². The van der Waals surface area contributed by atoms with E-state index in [0.717, 1.165) is 41.2 Å². The molecule has 10 nitrogen and oxygen atoms in total. The zero-order valence-electron chi connectivity index (χ0n) is 21.1. The zero-order valence-corrected chi connectivity index (χ0v) is 21.1. The number of nitrogens with zero attached hydrogens (tertiary/aromatic N) is 7. The first-order valence-corrected chi connectivity index (χ1v) is 12.8. The summed E-state index contributed by atoms with van der Waals surface area (Å²) < 4.78 is 40.9. The zero-order chi connectivity index (χ0) is 27.2. The lowest BCUT2D eigenvalue weighted by molar-refractivity contribution is -0.141. The number of aromatic nitrogens is 6. The molecule has 6 rings (SSSR count). The molecule has 2 fully saturated rings. The Morgan fingerprint density at radius 2 is 1.92 bits per heavy atom. The molecule has 1 saturated carbocycles. The molecule has 13 heteroatoms. The summed E-state index contributed by atoms with van der Waals surface area (Å²) in [4.78, 5) is 32.0. The first-order valence-electron chi connectivity index (χ1n) is 12.8. The van der Waals surface area contributed by atoms with E-state index in [4.69, 9.17) is 5.73 Å². The predicted molar refractivity (Wildman–Crippen MR) is 136 cm³/mol. The number of nitrogens with one attached hydrogen (secondary N) is 1. The van der Waals surface area contributed by atoms with Crippen molar-refractivity contribution in [2.45, 2.75) is 31.6 Å². The van der Waals surface area contributed by atoms with Gasteiger partial charge >= 0.3 is 6.18 Å². The van der Waals surface area contributed by atoms with Gasteiger partial charge in [-0.3, -0.25) is 14.4 Å². The van der Waals surface area contributed by atoms with E-state index in [0.29, 0.717) is 45.3 Å². The molecule has 5 heterocycles. The summed E-state index contributed by atoms with van der Waals surface area (Å²) in [5, 5.41) is 5.51. The Balaban J connectivity index is 1.05. The van der Waals surface area contributed by atoms with Crippen LogP contribution < -0.4 is 5.73 Å². The van der Waals surface area contributed by atoms with Crippen LogP contribution in [0.3, 0.4) is 0 Å². The van der Waals surface area contributed by atoms with Gasteiger partial charge in [0.1, 0.15) is 23.4 Å². The number of fused-ring (bicyclic) bond motifs is 1. The van der Waals surface area contributed by atoms with Gasteiger partial charge < -0.3 is 15.6 Å². The number of rotatable bonds is 6. The molecule has 2 aliphatic rings. The Hall–Kier alpha value is -3.84. The third-order valence-corrected chi connectivity index (χ3v) is 7.90. The lowest BCUT2D eigenvalue weighted by Gasteiger charge is -2.53. The van der Waals surface area contributed by atoms with Crippen molar-refractivity contribution in [1.29, 1.82) is 0 Å². The summed E-state index contributed by atoms with van der Waals surface area (Å²) in [6, 6.07) is 5.71. The van der Waals surface area contributed by atoms with Gasteiger partial charge in [-0.25, -0.2) is 15.0 Å². The molecule has 0 unspecified atom stereocenters. The van der Waals surface area contributed by atoms with Crippen LogP contribution in [-0.4, -0.2) is 84.2 Å². The van der Waals surface area contributed by atoms with Gasteiger partial charge in [0.2, 0.25) is 0 Å². The quantitative estimate of drug-likeness (QED) is 0.386. The molecule has 204 valence electrons. The summed E-state index contributed by atoms with van der Waals surface area (Å²) in [5.74, 6) is -0.472. The minimum atomic E-state index is -4.59. The molecule has 0 aromatic carbocycles. The Morgan fingerprint density at radius 1 is 1.13 bits per heavy atom. The lowest BCUT2D eigenvalue weighted by Crippen LogP contribution is -2.60. The molecule has 1 aliphatic heterocycles. The Morgan fingerprint density at radius 3 is 2.67 bits per heavy atom. The van der Waals surface area contributed by atoms with Crippen LogP contribution in [0.4, 0.5) is 13.2 Å². The third-order valence-electron chi connectivity index (χ3n) is 7.90.